The van der Waals surface area contributed by atoms with Crippen molar-refractivity contribution in [2.45, 2.75) is 6.42 Å². The van der Waals surface area contributed by atoms with Gasteiger partial charge in [-0.15, -0.1) is 0 Å². The lowest BCUT2D eigenvalue weighted by Crippen LogP contribution is -2.33. The molecule has 1 fully saturated rings. The third kappa shape index (κ3) is 2.98. The quantitative estimate of drug-likeness (QED) is 0.754. The molecule has 1 aliphatic rings. The number of aromatic amines is 1. The summed E-state index contributed by atoms with van der Waals surface area (Å²) in [6.07, 6.45) is 1.81. The van der Waals surface area contributed by atoms with Crippen LogP contribution in [0.2, 0.25) is 0 Å². The van der Waals surface area contributed by atoms with E-state index in [0.29, 0.717) is 18.5 Å². The first-order valence-corrected chi connectivity index (χ1v) is 7.48. The second kappa shape index (κ2) is 4.93. The van der Waals surface area contributed by atoms with Crippen LogP contribution in [-0.4, -0.2) is 48.8 Å². The molecule has 0 aliphatic carbocycles. The van der Waals surface area contributed by atoms with Crippen LogP contribution in [0.3, 0.4) is 0 Å². The summed E-state index contributed by atoms with van der Waals surface area (Å²) < 4.78 is 22.9. The summed E-state index contributed by atoms with van der Waals surface area (Å²) in [6, 6.07) is 2.72. The fraction of sp³-hybridized carbons (Fsp3) is 0.455. The predicted molar refractivity (Wildman–Crippen MR) is 66.2 cm³/mol. The maximum absolute atomic E-state index is 12.1. The van der Waals surface area contributed by atoms with Crippen molar-refractivity contribution in [1.82, 2.24) is 9.88 Å². The third-order valence-electron chi connectivity index (χ3n) is 2.87. The Morgan fingerprint density at radius 3 is 2.67 bits per heavy atom. The van der Waals surface area contributed by atoms with Crippen molar-refractivity contribution >= 4 is 15.7 Å². The number of amides is 1. The highest BCUT2D eigenvalue weighted by atomic mass is 32.2. The minimum absolute atomic E-state index is 0.00208. The highest BCUT2D eigenvalue weighted by molar-refractivity contribution is 7.91. The molecule has 0 radical (unpaired) electrons. The van der Waals surface area contributed by atoms with E-state index in [2.05, 4.69) is 4.98 Å². The normalized spacial score (nSPS) is 19.2. The summed E-state index contributed by atoms with van der Waals surface area (Å²) in [4.78, 5) is 26.9. The number of carbonyl (C=O) groups is 1. The lowest BCUT2D eigenvalue weighted by molar-refractivity contribution is 0.0768. The Kier molecular flexibility index (Phi) is 3.51. The molecule has 2 heterocycles. The Morgan fingerprint density at radius 1 is 1.22 bits per heavy atom. The molecule has 1 amide bonds. The molecule has 18 heavy (non-hydrogen) atoms. The van der Waals surface area contributed by atoms with Crippen LogP contribution in [-0.2, 0) is 9.84 Å². The number of carbonyl (C=O) groups excluding carboxylic acids is 1. The average molecular weight is 270 g/mol. The Bertz CT molecular complexity index is 585. The van der Waals surface area contributed by atoms with Crippen molar-refractivity contribution < 1.29 is 13.2 Å². The largest absolute Gasteiger partial charge is 0.338 e. The number of nitrogens with zero attached hydrogens (tertiary/aromatic N) is 1. The van der Waals surface area contributed by atoms with Crippen LogP contribution in [0.25, 0.3) is 0 Å². The molecule has 1 aromatic heterocycles. The van der Waals surface area contributed by atoms with Gasteiger partial charge in [-0.05, 0) is 12.5 Å². The standard InChI is InChI=1S/C11H14N2O4S/c14-10-3-2-9(8-12-10)11(15)13-4-1-6-18(16,17)7-5-13/h2-3,8H,1,4-7H2,(H,12,14). The van der Waals surface area contributed by atoms with E-state index < -0.39 is 9.84 Å². The molecule has 98 valence electrons. The lowest BCUT2D eigenvalue weighted by Gasteiger charge is -2.19. The van der Waals surface area contributed by atoms with Crippen molar-refractivity contribution in [3.63, 3.8) is 0 Å². The van der Waals surface area contributed by atoms with Gasteiger partial charge in [0.25, 0.3) is 5.91 Å². The highest BCUT2D eigenvalue weighted by Crippen LogP contribution is 2.09. The molecule has 0 unspecified atom stereocenters. The van der Waals surface area contributed by atoms with E-state index in [4.69, 9.17) is 0 Å². The zero-order chi connectivity index (χ0) is 13.2. The number of rotatable bonds is 1. The van der Waals surface area contributed by atoms with E-state index in [1.165, 1.54) is 23.2 Å². The van der Waals surface area contributed by atoms with Crippen LogP contribution in [0.5, 0.6) is 0 Å². The van der Waals surface area contributed by atoms with Gasteiger partial charge < -0.3 is 9.88 Å². The summed E-state index contributed by atoms with van der Waals surface area (Å²) in [7, 11) is -3.03. The number of hydrogen-bond acceptors (Lipinski definition) is 4. The molecule has 0 saturated carbocycles. The van der Waals surface area contributed by atoms with Crippen LogP contribution >= 0.6 is 0 Å². The van der Waals surface area contributed by atoms with E-state index in [1.54, 1.807) is 0 Å². The second-order valence-electron chi connectivity index (χ2n) is 4.24. The first-order chi connectivity index (χ1) is 8.48. The van der Waals surface area contributed by atoms with Crippen LogP contribution in [0.4, 0.5) is 0 Å². The summed E-state index contributed by atoms with van der Waals surface area (Å²) in [6.45, 7) is 0.636. The Balaban J connectivity index is 2.14. The Labute approximate surface area is 105 Å². The van der Waals surface area contributed by atoms with Gasteiger partial charge in [-0.3, -0.25) is 9.59 Å². The van der Waals surface area contributed by atoms with Crippen molar-refractivity contribution in [1.29, 1.82) is 0 Å². The Morgan fingerprint density at radius 2 is 2.00 bits per heavy atom. The second-order valence-corrected chi connectivity index (χ2v) is 6.54. The van der Waals surface area contributed by atoms with E-state index in [1.807, 2.05) is 0 Å². The number of pyridine rings is 1. The van der Waals surface area contributed by atoms with Crippen LogP contribution < -0.4 is 5.56 Å². The third-order valence-corrected chi connectivity index (χ3v) is 4.59. The van der Waals surface area contributed by atoms with Gasteiger partial charge in [0.15, 0.2) is 9.84 Å². The van der Waals surface area contributed by atoms with Crippen molar-refractivity contribution in [3.05, 3.63) is 34.2 Å². The molecule has 0 bridgehead atoms. The minimum atomic E-state index is -3.03. The molecule has 0 aromatic carbocycles. The predicted octanol–water partition coefficient (Wildman–Crippen LogP) is -0.364. The maximum Gasteiger partial charge on any atom is 0.255 e. The fourth-order valence-electron chi connectivity index (χ4n) is 1.87. The Hall–Kier alpha value is -1.63. The molecule has 1 N–H and O–H groups in total. The smallest absolute Gasteiger partial charge is 0.255 e. The topological polar surface area (TPSA) is 87.3 Å². The van der Waals surface area contributed by atoms with Gasteiger partial charge in [-0.25, -0.2) is 8.42 Å². The number of nitrogens with one attached hydrogen (secondary N) is 1. The molecule has 6 nitrogen and oxygen atoms in total. The lowest BCUT2D eigenvalue weighted by atomic mass is 10.2. The van der Waals surface area contributed by atoms with Gasteiger partial charge in [-0.2, -0.15) is 0 Å². The van der Waals surface area contributed by atoms with Gasteiger partial charge in [-0.1, -0.05) is 0 Å². The van der Waals surface area contributed by atoms with Crippen molar-refractivity contribution in [3.8, 4) is 0 Å². The number of aromatic nitrogens is 1. The molecule has 0 atom stereocenters. The molecular formula is C11H14N2O4S. The van der Waals surface area contributed by atoms with Gasteiger partial charge in [0.2, 0.25) is 5.56 Å². The van der Waals surface area contributed by atoms with Crippen molar-refractivity contribution in [2.24, 2.45) is 0 Å². The zero-order valence-electron chi connectivity index (χ0n) is 9.76. The van der Waals surface area contributed by atoms with Crippen LogP contribution in [0, 0.1) is 0 Å². The molecular weight excluding hydrogens is 256 g/mol. The van der Waals surface area contributed by atoms with Crippen LogP contribution in [0.15, 0.2) is 23.1 Å². The number of hydrogen-bond donors (Lipinski definition) is 1. The highest BCUT2D eigenvalue weighted by Gasteiger charge is 2.23. The van der Waals surface area contributed by atoms with E-state index >= 15 is 0 Å². The summed E-state index contributed by atoms with van der Waals surface area (Å²) in [5, 5.41) is 0. The van der Waals surface area contributed by atoms with E-state index in [9.17, 15) is 18.0 Å². The van der Waals surface area contributed by atoms with E-state index in [0.717, 1.165) is 0 Å². The van der Waals surface area contributed by atoms with Crippen molar-refractivity contribution in [2.75, 3.05) is 24.6 Å². The summed E-state index contributed by atoms with van der Waals surface area (Å²) in [5.74, 6) is -0.117. The zero-order valence-corrected chi connectivity index (χ0v) is 10.6. The molecule has 1 saturated heterocycles. The van der Waals surface area contributed by atoms with Gasteiger partial charge in [0.1, 0.15) is 0 Å². The van der Waals surface area contributed by atoms with Gasteiger partial charge in [0.05, 0.1) is 17.1 Å². The first kappa shape index (κ1) is 12.8. The average Bonchev–Trinajstić information content (AvgIpc) is 2.50. The molecule has 1 aliphatic heterocycles. The minimum Gasteiger partial charge on any atom is -0.338 e. The fourth-order valence-corrected chi connectivity index (χ4v) is 3.14. The SMILES string of the molecule is O=C(c1ccc(=O)[nH]c1)N1CCCS(=O)(=O)CC1. The van der Waals surface area contributed by atoms with Gasteiger partial charge in [0, 0.05) is 25.4 Å². The number of H-pyrrole nitrogens is 1. The molecule has 7 heteroatoms. The van der Waals surface area contributed by atoms with Gasteiger partial charge >= 0.3 is 0 Å². The summed E-state index contributed by atoms with van der Waals surface area (Å²) in [5.41, 5.74) is 0.0962. The summed E-state index contributed by atoms with van der Waals surface area (Å²) >= 11 is 0. The molecule has 0 spiro atoms. The molecule has 2 rings (SSSR count). The molecule has 1 aromatic rings. The van der Waals surface area contributed by atoms with Crippen LogP contribution in [0.1, 0.15) is 16.8 Å². The first-order valence-electron chi connectivity index (χ1n) is 5.66. The monoisotopic (exact) mass is 270 g/mol. The van der Waals surface area contributed by atoms with E-state index in [-0.39, 0.29) is 29.5 Å². The maximum atomic E-state index is 12.1. The number of sulfone groups is 1.